The molecular weight excluding hydrogens is 248 g/mol. The van der Waals surface area contributed by atoms with E-state index in [1.807, 2.05) is 0 Å². The van der Waals surface area contributed by atoms with Crippen molar-refractivity contribution in [2.45, 2.75) is 33.7 Å². The third-order valence-electron chi connectivity index (χ3n) is 2.69. The van der Waals surface area contributed by atoms with E-state index in [0.29, 0.717) is 5.69 Å². The van der Waals surface area contributed by atoms with Crippen LogP contribution in [0.2, 0.25) is 0 Å². The number of pyridine rings is 1. The van der Waals surface area contributed by atoms with Crippen LogP contribution in [-0.2, 0) is 4.79 Å². The SMILES string of the molecule is Cc1cc(=O)c(C(=O)N[C@H](C(=O)O)C(C)(C)C)c[nH]1. The Kier molecular flexibility index (Phi) is 4.14. The molecule has 1 amide bonds. The Balaban J connectivity index is 3.01. The van der Waals surface area contributed by atoms with Crippen LogP contribution in [0.25, 0.3) is 0 Å². The van der Waals surface area contributed by atoms with Gasteiger partial charge in [-0.05, 0) is 12.3 Å². The zero-order valence-corrected chi connectivity index (χ0v) is 11.4. The summed E-state index contributed by atoms with van der Waals surface area (Å²) in [6.07, 6.45) is 1.29. The second-order valence-corrected chi connectivity index (χ2v) is 5.50. The van der Waals surface area contributed by atoms with Crippen molar-refractivity contribution in [1.82, 2.24) is 10.3 Å². The normalized spacial score (nSPS) is 12.8. The van der Waals surface area contributed by atoms with Gasteiger partial charge in [-0.25, -0.2) is 4.79 Å². The highest BCUT2D eigenvalue weighted by Crippen LogP contribution is 2.19. The number of hydrogen-bond acceptors (Lipinski definition) is 3. The predicted molar refractivity (Wildman–Crippen MR) is 70.1 cm³/mol. The molecular formula is C13H18N2O4. The van der Waals surface area contributed by atoms with Crippen molar-refractivity contribution in [1.29, 1.82) is 0 Å². The van der Waals surface area contributed by atoms with Gasteiger partial charge in [-0.15, -0.1) is 0 Å². The van der Waals surface area contributed by atoms with Crippen molar-refractivity contribution in [3.05, 3.63) is 33.7 Å². The molecule has 0 radical (unpaired) electrons. The van der Waals surface area contributed by atoms with Crippen molar-refractivity contribution in [2.75, 3.05) is 0 Å². The van der Waals surface area contributed by atoms with E-state index >= 15 is 0 Å². The number of carboxylic acid groups (broad SMARTS) is 1. The third kappa shape index (κ3) is 3.67. The average molecular weight is 266 g/mol. The van der Waals surface area contributed by atoms with Crippen LogP contribution < -0.4 is 10.7 Å². The first-order valence-electron chi connectivity index (χ1n) is 5.86. The van der Waals surface area contributed by atoms with Gasteiger partial charge in [0.1, 0.15) is 11.6 Å². The molecule has 0 saturated carbocycles. The Morgan fingerprint density at radius 1 is 1.37 bits per heavy atom. The first-order valence-corrected chi connectivity index (χ1v) is 5.86. The summed E-state index contributed by atoms with van der Waals surface area (Å²) >= 11 is 0. The van der Waals surface area contributed by atoms with Crippen LogP contribution in [0.15, 0.2) is 17.1 Å². The molecule has 1 rings (SSSR count). The molecule has 0 saturated heterocycles. The van der Waals surface area contributed by atoms with Gasteiger partial charge in [0.25, 0.3) is 5.91 Å². The molecule has 6 heteroatoms. The second kappa shape index (κ2) is 5.26. The number of amides is 1. The number of rotatable bonds is 3. The fourth-order valence-electron chi connectivity index (χ4n) is 1.61. The summed E-state index contributed by atoms with van der Waals surface area (Å²) in [5, 5.41) is 11.5. The van der Waals surface area contributed by atoms with E-state index in [-0.39, 0.29) is 5.56 Å². The lowest BCUT2D eigenvalue weighted by atomic mass is 9.86. The number of aromatic amines is 1. The molecule has 1 heterocycles. The smallest absolute Gasteiger partial charge is 0.326 e. The monoisotopic (exact) mass is 266 g/mol. The summed E-state index contributed by atoms with van der Waals surface area (Å²) in [6.45, 7) is 6.79. The summed E-state index contributed by atoms with van der Waals surface area (Å²) < 4.78 is 0. The van der Waals surface area contributed by atoms with Gasteiger partial charge in [0, 0.05) is 18.0 Å². The van der Waals surface area contributed by atoms with Crippen molar-refractivity contribution < 1.29 is 14.7 Å². The van der Waals surface area contributed by atoms with Gasteiger partial charge in [0.2, 0.25) is 0 Å². The Morgan fingerprint density at radius 2 is 1.95 bits per heavy atom. The highest BCUT2D eigenvalue weighted by Gasteiger charge is 2.33. The van der Waals surface area contributed by atoms with Crippen molar-refractivity contribution >= 4 is 11.9 Å². The standard InChI is InChI=1S/C13H18N2O4/c1-7-5-9(16)8(6-14-7)11(17)15-10(12(18)19)13(2,3)4/h5-6,10H,1-4H3,(H,14,16)(H,15,17)(H,18,19)/t10-/m1/s1. The molecule has 0 aromatic carbocycles. The summed E-state index contributed by atoms with van der Waals surface area (Å²) in [5.41, 5.74) is -0.557. The van der Waals surface area contributed by atoms with E-state index in [4.69, 9.17) is 5.11 Å². The molecule has 0 aliphatic heterocycles. The molecule has 19 heavy (non-hydrogen) atoms. The minimum atomic E-state index is -1.13. The third-order valence-corrected chi connectivity index (χ3v) is 2.69. The molecule has 104 valence electrons. The number of carbonyl (C=O) groups excluding carboxylic acids is 1. The van der Waals surface area contributed by atoms with Crippen LogP contribution in [0, 0.1) is 12.3 Å². The molecule has 0 spiro atoms. The molecule has 0 aliphatic carbocycles. The van der Waals surface area contributed by atoms with Gasteiger partial charge < -0.3 is 15.4 Å². The highest BCUT2D eigenvalue weighted by molar-refractivity contribution is 5.96. The Morgan fingerprint density at radius 3 is 2.37 bits per heavy atom. The number of carboxylic acids is 1. The Labute approximate surface area is 110 Å². The van der Waals surface area contributed by atoms with Gasteiger partial charge in [0.15, 0.2) is 5.43 Å². The lowest BCUT2D eigenvalue weighted by Gasteiger charge is -2.27. The first kappa shape index (κ1) is 14.9. The molecule has 3 N–H and O–H groups in total. The lowest BCUT2D eigenvalue weighted by Crippen LogP contribution is -2.49. The predicted octanol–water partition coefficient (Wildman–Crippen LogP) is 0.912. The van der Waals surface area contributed by atoms with E-state index < -0.39 is 28.8 Å². The molecule has 0 bridgehead atoms. The van der Waals surface area contributed by atoms with Crippen molar-refractivity contribution in [3.8, 4) is 0 Å². The van der Waals surface area contributed by atoms with E-state index in [1.54, 1.807) is 27.7 Å². The molecule has 0 unspecified atom stereocenters. The molecule has 1 atom stereocenters. The van der Waals surface area contributed by atoms with E-state index in [9.17, 15) is 14.4 Å². The maximum Gasteiger partial charge on any atom is 0.326 e. The summed E-state index contributed by atoms with van der Waals surface area (Å²) in [6, 6.07) is 0.225. The van der Waals surface area contributed by atoms with Crippen LogP contribution in [0.3, 0.4) is 0 Å². The number of aliphatic carboxylic acids is 1. The first-order chi connectivity index (χ1) is 8.62. The molecule has 0 aliphatic rings. The number of nitrogens with one attached hydrogen (secondary N) is 2. The number of aromatic nitrogens is 1. The van der Waals surface area contributed by atoms with Crippen molar-refractivity contribution in [3.63, 3.8) is 0 Å². The molecule has 1 aromatic heterocycles. The van der Waals surface area contributed by atoms with Gasteiger partial charge in [0.05, 0.1) is 0 Å². The van der Waals surface area contributed by atoms with Gasteiger partial charge in [-0.1, -0.05) is 20.8 Å². The number of carbonyl (C=O) groups is 2. The number of aryl methyl sites for hydroxylation is 1. The average Bonchev–Trinajstić information content (AvgIpc) is 2.23. The highest BCUT2D eigenvalue weighted by atomic mass is 16.4. The van der Waals surface area contributed by atoms with E-state index in [2.05, 4.69) is 10.3 Å². The summed E-state index contributed by atoms with van der Waals surface area (Å²) in [4.78, 5) is 37.5. The Bertz CT molecular complexity index is 554. The second-order valence-electron chi connectivity index (χ2n) is 5.50. The summed E-state index contributed by atoms with van der Waals surface area (Å²) in [5.74, 6) is -1.83. The number of hydrogen-bond donors (Lipinski definition) is 3. The van der Waals surface area contributed by atoms with Crippen LogP contribution in [0.1, 0.15) is 36.8 Å². The van der Waals surface area contributed by atoms with Crippen LogP contribution >= 0.6 is 0 Å². The lowest BCUT2D eigenvalue weighted by molar-refractivity contribution is -0.142. The summed E-state index contributed by atoms with van der Waals surface area (Å²) in [7, 11) is 0. The maximum absolute atomic E-state index is 11.9. The topological polar surface area (TPSA) is 99.3 Å². The van der Waals surface area contributed by atoms with Gasteiger partial charge in [-0.2, -0.15) is 0 Å². The molecule has 1 aromatic rings. The fourth-order valence-corrected chi connectivity index (χ4v) is 1.61. The van der Waals surface area contributed by atoms with Crippen molar-refractivity contribution in [2.24, 2.45) is 5.41 Å². The molecule has 0 fully saturated rings. The fraction of sp³-hybridized carbons (Fsp3) is 0.462. The maximum atomic E-state index is 11.9. The quantitative estimate of drug-likeness (QED) is 0.757. The van der Waals surface area contributed by atoms with Crippen LogP contribution in [0.4, 0.5) is 0 Å². The zero-order valence-electron chi connectivity index (χ0n) is 11.4. The Hall–Kier alpha value is -2.11. The van der Waals surface area contributed by atoms with Crippen LogP contribution in [-0.4, -0.2) is 28.0 Å². The van der Waals surface area contributed by atoms with E-state index in [0.717, 1.165) is 0 Å². The largest absolute Gasteiger partial charge is 0.480 e. The van der Waals surface area contributed by atoms with E-state index in [1.165, 1.54) is 12.3 Å². The molecule has 6 nitrogen and oxygen atoms in total. The minimum absolute atomic E-state index is 0.0962. The van der Waals surface area contributed by atoms with Gasteiger partial charge >= 0.3 is 5.97 Å². The number of H-pyrrole nitrogens is 1. The zero-order chi connectivity index (χ0) is 14.8. The van der Waals surface area contributed by atoms with Gasteiger partial charge in [-0.3, -0.25) is 9.59 Å². The van der Waals surface area contributed by atoms with Crippen LogP contribution in [0.5, 0.6) is 0 Å². The minimum Gasteiger partial charge on any atom is -0.480 e.